The Balaban J connectivity index is 2.09. The van der Waals surface area contributed by atoms with Gasteiger partial charge in [-0.2, -0.15) is 13.2 Å². The lowest BCUT2D eigenvalue weighted by atomic mass is 10.1. The van der Waals surface area contributed by atoms with Crippen LogP contribution in [0, 0.1) is 3.57 Å². The second-order valence-electron chi connectivity index (χ2n) is 4.22. The SMILES string of the molecule is FC(F)(F)c1ccc(NC2CCOCC2)c(I)c1. The molecule has 2 rings (SSSR count). The number of rotatable bonds is 2. The van der Waals surface area contributed by atoms with Gasteiger partial charge in [0.25, 0.3) is 0 Å². The highest BCUT2D eigenvalue weighted by atomic mass is 127. The standard InChI is InChI=1S/C12H13F3INO/c13-12(14,15)8-1-2-11(10(16)7-8)17-9-3-5-18-6-4-9/h1-2,7,9,17H,3-6H2. The smallest absolute Gasteiger partial charge is 0.381 e. The summed E-state index contributed by atoms with van der Waals surface area (Å²) in [5.74, 6) is 0. The number of nitrogens with one attached hydrogen (secondary N) is 1. The van der Waals surface area contributed by atoms with Crippen LogP contribution in [0.15, 0.2) is 18.2 Å². The number of benzene rings is 1. The Labute approximate surface area is 117 Å². The molecule has 1 N–H and O–H groups in total. The summed E-state index contributed by atoms with van der Waals surface area (Å²) in [5.41, 5.74) is 0.153. The predicted octanol–water partition coefficient (Wildman–Crippen LogP) is 3.90. The van der Waals surface area contributed by atoms with Gasteiger partial charge in [-0.05, 0) is 53.6 Å². The molecule has 0 atom stereocenters. The van der Waals surface area contributed by atoms with E-state index in [0.717, 1.165) is 24.6 Å². The van der Waals surface area contributed by atoms with Crippen molar-refractivity contribution in [3.05, 3.63) is 27.3 Å². The fraction of sp³-hybridized carbons (Fsp3) is 0.500. The zero-order chi connectivity index (χ0) is 13.2. The van der Waals surface area contributed by atoms with Crippen LogP contribution in [0.2, 0.25) is 0 Å². The first-order chi connectivity index (χ1) is 8.47. The largest absolute Gasteiger partial charge is 0.416 e. The highest BCUT2D eigenvalue weighted by Crippen LogP contribution is 2.32. The van der Waals surface area contributed by atoms with Gasteiger partial charge in [-0.3, -0.25) is 0 Å². The van der Waals surface area contributed by atoms with Crippen molar-refractivity contribution in [1.82, 2.24) is 0 Å². The first-order valence-electron chi connectivity index (χ1n) is 5.68. The molecular formula is C12H13F3INO. The summed E-state index contributed by atoms with van der Waals surface area (Å²) in [5, 5.41) is 3.27. The van der Waals surface area contributed by atoms with Gasteiger partial charge in [-0.15, -0.1) is 0 Å². The van der Waals surface area contributed by atoms with E-state index in [9.17, 15) is 13.2 Å². The lowest BCUT2D eigenvalue weighted by Crippen LogP contribution is -2.28. The molecule has 0 bridgehead atoms. The van der Waals surface area contributed by atoms with Crippen LogP contribution in [0.5, 0.6) is 0 Å². The predicted molar refractivity (Wildman–Crippen MR) is 71.6 cm³/mol. The van der Waals surface area contributed by atoms with Gasteiger partial charge in [0, 0.05) is 28.5 Å². The lowest BCUT2D eigenvalue weighted by Gasteiger charge is -2.25. The summed E-state index contributed by atoms with van der Waals surface area (Å²) in [7, 11) is 0. The molecule has 0 amide bonds. The van der Waals surface area contributed by atoms with Gasteiger partial charge >= 0.3 is 6.18 Å². The average molecular weight is 371 g/mol. The summed E-state index contributed by atoms with van der Waals surface area (Å²) in [6.07, 6.45) is -2.51. The van der Waals surface area contributed by atoms with E-state index in [1.807, 2.05) is 22.6 Å². The minimum Gasteiger partial charge on any atom is -0.381 e. The maximum atomic E-state index is 12.5. The van der Waals surface area contributed by atoms with Crippen LogP contribution < -0.4 is 5.32 Å². The molecule has 1 fully saturated rings. The topological polar surface area (TPSA) is 21.3 Å². The van der Waals surface area contributed by atoms with E-state index in [2.05, 4.69) is 5.32 Å². The average Bonchev–Trinajstić information content (AvgIpc) is 2.32. The number of ether oxygens (including phenoxy) is 1. The lowest BCUT2D eigenvalue weighted by molar-refractivity contribution is -0.137. The maximum Gasteiger partial charge on any atom is 0.416 e. The van der Waals surface area contributed by atoms with Crippen molar-refractivity contribution in [2.24, 2.45) is 0 Å². The Morgan fingerprint density at radius 1 is 1.22 bits per heavy atom. The molecular weight excluding hydrogens is 358 g/mol. The Hall–Kier alpha value is -0.500. The van der Waals surface area contributed by atoms with Gasteiger partial charge in [0.1, 0.15) is 0 Å². The van der Waals surface area contributed by atoms with Gasteiger partial charge in [-0.25, -0.2) is 0 Å². The number of hydrogen-bond acceptors (Lipinski definition) is 2. The summed E-state index contributed by atoms with van der Waals surface area (Å²) >= 11 is 1.93. The highest BCUT2D eigenvalue weighted by Gasteiger charge is 2.30. The normalized spacial score (nSPS) is 17.8. The second-order valence-corrected chi connectivity index (χ2v) is 5.39. The molecule has 0 aliphatic carbocycles. The third kappa shape index (κ3) is 3.50. The van der Waals surface area contributed by atoms with Gasteiger partial charge < -0.3 is 10.1 Å². The fourth-order valence-electron chi connectivity index (χ4n) is 1.87. The molecule has 18 heavy (non-hydrogen) atoms. The van der Waals surface area contributed by atoms with E-state index in [-0.39, 0.29) is 6.04 Å². The van der Waals surface area contributed by atoms with Gasteiger partial charge in [0.05, 0.1) is 5.56 Å². The van der Waals surface area contributed by atoms with Crippen molar-refractivity contribution < 1.29 is 17.9 Å². The zero-order valence-corrected chi connectivity index (χ0v) is 11.7. The third-order valence-corrected chi connectivity index (χ3v) is 3.77. The van der Waals surface area contributed by atoms with Crippen LogP contribution in [0.1, 0.15) is 18.4 Å². The number of halogens is 4. The quantitative estimate of drug-likeness (QED) is 0.797. The van der Waals surface area contributed by atoms with E-state index >= 15 is 0 Å². The van der Waals surface area contributed by atoms with E-state index in [0.29, 0.717) is 16.8 Å². The van der Waals surface area contributed by atoms with Crippen molar-refractivity contribution in [3.8, 4) is 0 Å². The first-order valence-corrected chi connectivity index (χ1v) is 6.76. The van der Waals surface area contributed by atoms with Gasteiger partial charge in [0.15, 0.2) is 0 Å². The third-order valence-electron chi connectivity index (χ3n) is 2.88. The van der Waals surface area contributed by atoms with Crippen LogP contribution in [-0.2, 0) is 10.9 Å². The molecule has 6 heteroatoms. The van der Waals surface area contributed by atoms with Crippen molar-refractivity contribution in [2.75, 3.05) is 18.5 Å². The summed E-state index contributed by atoms with van der Waals surface area (Å²) in [6, 6.07) is 4.07. The molecule has 1 heterocycles. The minimum absolute atomic E-state index is 0.281. The molecule has 100 valence electrons. The van der Waals surface area contributed by atoms with Crippen molar-refractivity contribution >= 4 is 28.3 Å². The summed E-state index contributed by atoms with van der Waals surface area (Å²) in [4.78, 5) is 0. The molecule has 0 unspecified atom stereocenters. The van der Waals surface area contributed by atoms with E-state index in [1.54, 1.807) is 0 Å². The van der Waals surface area contributed by atoms with Gasteiger partial charge in [-0.1, -0.05) is 0 Å². The molecule has 0 aromatic heterocycles. The molecule has 1 aliphatic heterocycles. The zero-order valence-electron chi connectivity index (χ0n) is 9.56. The molecule has 1 aromatic carbocycles. The van der Waals surface area contributed by atoms with E-state index < -0.39 is 11.7 Å². The maximum absolute atomic E-state index is 12.5. The van der Waals surface area contributed by atoms with E-state index in [1.165, 1.54) is 12.1 Å². The molecule has 1 aromatic rings. The van der Waals surface area contributed by atoms with Gasteiger partial charge in [0.2, 0.25) is 0 Å². The molecule has 1 aliphatic rings. The van der Waals surface area contributed by atoms with Crippen LogP contribution >= 0.6 is 22.6 Å². The second kappa shape index (κ2) is 5.64. The molecule has 1 saturated heterocycles. The molecule has 2 nitrogen and oxygen atoms in total. The van der Waals surface area contributed by atoms with Crippen LogP contribution in [0.4, 0.5) is 18.9 Å². The Morgan fingerprint density at radius 3 is 2.44 bits per heavy atom. The molecule has 0 spiro atoms. The van der Waals surface area contributed by atoms with Crippen LogP contribution in [0.3, 0.4) is 0 Å². The Bertz CT molecular complexity index is 416. The number of hydrogen-bond donors (Lipinski definition) is 1. The number of anilines is 1. The number of alkyl halides is 3. The summed E-state index contributed by atoms with van der Waals surface area (Å²) in [6.45, 7) is 1.41. The van der Waals surface area contributed by atoms with Crippen molar-refractivity contribution in [1.29, 1.82) is 0 Å². The fourth-order valence-corrected chi connectivity index (χ4v) is 2.54. The first kappa shape index (κ1) is 13.9. The molecule has 0 saturated carbocycles. The Morgan fingerprint density at radius 2 is 1.89 bits per heavy atom. The summed E-state index contributed by atoms with van der Waals surface area (Å²) < 4.78 is 43.4. The van der Waals surface area contributed by atoms with E-state index in [4.69, 9.17) is 4.74 Å². The van der Waals surface area contributed by atoms with Crippen LogP contribution in [-0.4, -0.2) is 19.3 Å². The highest BCUT2D eigenvalue weighted by molar-refractivity contribution is 14.1. The Kier molecular flexibility index (Phi) is 4.37. The van der Waals surface area contributed by atoms with Crippen molar-refractivity contribution in [2.45, 2.75) is 25.1 Å². The monoisotopic (exact) mass is 371 g/mol. The minimum atomic E-state index is -4.28. The van der Waals surface area contributed by atoms with Crippen molar-refractivity contribution in [3.63, 3.8) is 0 Å². The molecule has 0 radical (unpaired) electrons. The van der Waals surface area contributed by atoms with Crippen LogP contribution in [0.25, 0.3) is 0 Å².